The molecule has 21 heavy (non-hydrogen) atoms. The van der Waals surface area contributed by atoms with Crippen molar-refractivity contribution in [2.75, 3.05) is 0 Å². The second-order valence-corrected chi connectivity index (χ2v) is 6.65. The highest BCUT2D eigenvalue weighted by molar-refractivity contribution is 7.11. The third-order valence-electron chi connectivity index (χ3n) is 4.10. The molecule has 7 heteroatoms. The van der Waals surface area contributed by atoms with Crippen LogP contribution in [0.25, 0.3) is 0 Å². The molecule has 3 atom stereocenters. The van der Waals surface area contributed by atoms with E-state index in [1.807, 2.05) is 0 Å². The van der Waals surface area contributed by atoms with Crippen molar-refractivity contribution >= 4 is 17.3 Å². The molecule has 1 aliphatic rings. The molecule has 0 aliphatic heterocycles. The smallest absolute Gasteiger partial charge is 0.443 e. The van der Waals surface area contributed by atoms with Gasteiger partial charge in [0.1, 0.15) is 0 Å². The molecule has 0 bridgehead atoms. The molecule has 1 fully saturated rings. The lowest BCUT2D eigenvalue weighted by Crippen LogP contribution is -2.28. The van der Waals surface area contributed by atoms with E-state index in [1.165, 1.54) is 6.20 Å². The summed E-state index contributed by atoms with van der Waals surface area (Å²) < 4.78 is 38.0. The zero-order chi connectivity index (χ0) is 15.6. The Morgan fingerprint density at radius 3 is 2.71 bits per heavy atom. The van der Waals surface area contributed by atoms with Gasteiger partial charge < -0.3 is 5.11 Å². The zero-order valence-electron chi connectivity index (χ0n) is 11.7. The summed E-state index contributed by atoms with van der Waals surface area (Å²) in [5.74, 6) is -1.47. The normalized spacial score (nSPS) is 26.8. The number of rotatable bonds is 4. The first-order valence-corrected chi connectivity index (χ1v) is 7.90. The zero-order valence-corrected chi connectivity index (χ0v) is 12.5. The Labute approximate surface area is 125 Å². The molecule has 0 spiro atoms. The number of carboxylic acids is 1. The van der Waals surface area contributed by atoms with Crippen LogP contribution >= 0.6 is 11.3 Å². The van der Waals surface area contributed by atoms with Crippen molar-refractivity contribution in [1.29, 1.82) is 0 Å². The highest BCUT2D eigenvalue weighted by Gasteiger charge is 2.39. The maximum Gasteiger partial charge on any atom is 0.443 e. The SMILES string of the molecule is CCCC1CCC(C(=O)O)C(c2cnc(C(F)(F)F)s2)C1. The molecule has 0 saturated heterocycles. The van der Waals surface area contributed by atoms with Crippen molar-refractivity contribution in [3.63, 3.8) is 0 Å². The Morgan fingerprint density at radius 2 is 2.19 bits per heavy atom. The minimum Gasteiger partial charge on any atom is -0.481 e. The van der Waals surface area contributed by atoms with Gasteiger partial charge in [0.2, 0.25) is 0 Å². The molecule has 1 aromatic heterocycles. The van der Waals surface area contributed by atoms with Crippen LogP contribution in [0, 0.1) is 11.8 Å². The van der Waals surface area contributed by atoms with Crippen LogP contribution < -0.4 is 0 Å². The van der Waals surface area contributed by atoms with E-state index in [0.717, 1.165) is 19.3 Å². The molecule has 0 radical (unpaired) electrons. The minimum absolute atomic E-state index is 0.346. The van der Waals surface area contributed by atoms with Crippen molar-refractivity contribution in [2.24, 2.45) is 11.8 Å². The van der Waals surface area contributed by atoms with Gasteiger partial charge in [-0.1, -0.05) is 19.8 Å². The number of nitrogens with zero attached hydrogens (tertiary/aromatic N) is 1. The van der Waals surface area contributed by atoms with Crippen LogP contribution in [0.4, 0.5) is 13.2 Å². The molecule has 0 aromatic carbocycles. The highest BCUT2D eigenvalue weighted by atomic mass is 32.1. The van der Waals surface area contributed by atoms with Gasteiger partial charge in [0.05, 0.1) is 5.92 Å². The number of carbonyl (C=O) groups is 1. The van der Waals surface area contributed by atoms with Crippen LogP contribution in [0.1, 0.15) is 54.8 Å². The number of aliphatic carboxylic acids is 1. The number of alkyl halides is 3. The molecule has 1 heterocycles. The summed E-state index contributed by atoms with van der Waals surface area (Å²) in [6.07, 6.45) is 0.765. The Morgan fingerprint density at radius 1 is 1.48 bits per heavy atom. The third-order valence-corrected chi connectivity index (χ3v) is 5.28. The molecular weight excluding hydrogens is 303 g/mol. The summed E-state index contributed by atoms with van der Waals surface area (Å²) >= 11 is 0.588. The molecule has 2 rings (SSSR count). The van der Waals surface area contributed by atoms with E-state index in [2.05, 4.69) is 11.9 Å². The molecule has 1 aliphatic carbocycles. The van der Waals surface area contributed by atoms with E-state index in [1.54, 1.807) is 0 Å². The molecule has 1 N–H and O–H groups in total. The van der Waals surface area contributed by atoms with Gasteiger partial charge in [0, 0.05) is 17.0 Å². The van der Waals surface area contributed by atoms with Gasteiger partial charge in [-0.25, -0.2) is 4.98 Å². The standard InChI is InChI=1S/C14H18F3NO2S/c1-2-3-8-4-5-9(12(19)20)10(6-8)11-7-18-13(21-11)14(15,16)17/h7-10H,2-6H2,1H3,(H,19,20). The van der Waals surface area contributed by atoms with Crippen molar-refractivity contribution in [1.82, 2.24) is 4.98 Å². The Kier molecular flexibility index (Phi) is 4.91. The molecule has 1 saturated carbocycles. The number of carboxylic acid groups (broad SMARTS) is 1. The van der Waals surface area contributed by atoms with Crippen LogP contribution in [0.3, 0.4) is 0 Å². The summed E-state index contributed by atoms with van der Waals surface area (Å²) in [5.41, 5.74) is 0. The van der Waals surface area contributed by atoms with Gasteiger partial charge in [-0.2, -0.15) is 13.2 Å². The largest absolute Gasteiger partial charge is 0.481 e. The monoisotopic (exact) mass is 321 g/mol. The summed E-state index contributed by atoms with van der Waals surface area (Å²) in [4.78, 5) is 15.3. The van der Waals surface area contributed by atoms with Crippen molar-refractivity contribution in [3.05, 3.63) is 16.1 Å². The predicted octanol–water partition coefficient (Wildman–Crippen LogP) is 4.55. The van der Waals surface area contributed by atoms with E-state index in [0.29, 0.717) is 35.0 Å². The number of hydrogen-bond donors (Lipinski definition) is 1. The number of thiazole rings is 1. The third kappa shape index (κ3) is 3.75. The number of hydrogen-bond acceptors (Lipinski definition) is 3. The van der Waals surface area contributed by atoms with E-state index < -0.39 is 23.1 Å². The van der Waals surface area contributed by atoms with E-state index in [-0.39, 0.29) is 5.92 Å². The topological polar surface area (TPSA) is 50.2 Å². The van der Waals surface area contributed by atoms with E-state index >= 15 is 0 Å². The van der Waals surface area contributed by atoms with Gasteiger partial charge in [-0.05, 0) is 25.2 Å². The van der Waals surface area contributed by atoms with E-state index in [9.17, 15) is 23.1 Å². The van der Waals surface area contributed by atoms with Gasteiger partial charge in [-0.3, -0.25) is 4.79 Å². The molecule has 3 unspecified atom stereocenters. The van der Waals surface area contributed by atoms with Crippen LogP contribution in [0.15, 0.2) is 6.20 Å². The van der Waals surface area contributed by atoms with Crippen LogP contribution in [0.5, 0.6) is 0 Å². The fourth-order valence-corrected chi connectivity index (χ4v) is 4.09. The summed E-state index contributed by atoms with van der Waals surface area (Å²) in [5, 5.41) is 8.43. The average Bonchev–Trinajstić information content (AvgIpc) is 2.88. The lowest BCUT2D eigenvalue weighted by Gasteiger charge is -2.33. The van der Waals surface area contributed by atoms with Crippen molar-refractivity contribution in [3.8, 4) is 0 Å². The Hall–Kier alpha value is -1.11. The van der Waals surface area contributed by atoms with Crippen LogP contribution in [-0.4, -0.2) is 16.1 Å². The Bertz CT molecular complexity index is 501. The summed E-state index contributed by atoms with van der Waals surface area (Å²) in [7, 11) is 0. The predicted molar refractivity (Wildman–Crippen MR) is 73.2 cm³/mol. The van der Waals surface area contributed by atoms with Crippen LogP contribution in [-0.2, 0) is 11.0 Å². The maximum absolute atomic E-state index is 12.7. The Balaban J connectivity index is 2.23. The summed E-state index contributed by atoms with van der Waals surface area (Å²) in [6.45, 7) is 2.06. The second-order valence-electron chi connectivity index (χ2n) is 5.58. The fraction of sp³-hybridized carbons (Fsp3) is 0.714. The first-order chi connectivity index (χ1) is 9.82. The molecule has 3 nitrogen and oxygen atoms in total. The highest BCUT2D eigenvalue weighted by Crippen LogP contribution is 2.45. The lowest BCUT2D eigenvalue weighted by atomic mass is 9.72. The maximum atomic E-state index is 12.7. The van der Waals surface area contributed by atoms with E-state index in [4.69, 9.17) is 0 Å². The average molecular weight is 321 g/mol. The van der Waals surface area contributed by atoms with Gasteiger partial charge in [-0.15, -0.1) is 11.3 Å². The fourth-order valence-electron chi connectivity index (χ4n) is 3.13. The molecule has 1 aromatic rings. The van der Waals surface area contributed by atoms with Gasteiger partial charge in [0.15, 0.2) is 5.01 Å². The van der Waals surface area contributed by atoms with Gasteiger partial charge >= 0.3 is 12.1 Å². The van der Waals surface area contributed by atoms with Crippen LogP contribution in [0.2, 0.25) is 0 Å². The quantitative estimate of drug-likeness (QED) is 0.885. The molecule has 118 valence electrons. The first kappa shape index (κ1) is 16.3. The molecular formula is C14H18F3NO2S. The van der Waals surface area contributed by atoms with Gasteiger partial charge in [0.25, 0.3) is 0 Å². The minimum atomic E-state index is -4.46. The molecule has 0 amide bonds. The number of aromatic nitrogens is 1. The second kappa shape index (κ2) is 6.34. The first-order valence-electron chi connectivity index (χ1n) is 7.08. The van der Waals surface area contributed by atoms with Crippen molar-refractivity contribution in [2.45, 2.75) is 51.1 Å². The number of halogens is 3. The van der Waals surface area contributed by atoms with Crippen molar-refractivity contribution < 1.29 is 23.1 Å². The lowest BCUT2D eigenvalue weighted by molar-refractivity contribution is -0.144. The summed E-state index contributed by atoms with van der Waals surface area (Å²) in [6, 6.07) is 0.